The summed E-state index contributed by atoms with van der Waals surface area (Å²) in [4.78, 5) is 0. The zero-order chi connectivity index (χ0) is 9.24. The smallest absolute Gasteiger partial charge is 0.00102 e. The lowest BCUT2D eigenvalue weighted by Gasteiger charge is -2.41. The van der Waals surface area contributed by atoms with Crippen molar-refractivity contribution < 1.29 is 0 Å². The van der Waals surface area contributed by atoms with Gasteiger partial charge in [-0.15, -0.1) is 0 Å². The summed E-state index contributed by atoms with van der Waals surface area (Å²) in [6.45, 7) is 11.9. The first-order valence-electron chi connectivity index (χ1n) is 5.16. The van der Waals surface area contributed by atoms with E-state index in [1.165, 1.54) is 32.4 Å². The van der Waals surface area contributed by atoms with Gasteiger partial charge < -0.3 is 5.32 Å². The van der Waals surface area contributed by atoms with E-state index in [1.54, 1.807) is 0 Å². The molecule has 72 valence electrons. The van der Waals surface area contributed by atoms with Gasteiger partial charge in [0.1, 0.15) is 0 Å². The van der Waals surface area contributed by atoms with Crippen molar-refractivity contribution in [3.05, 3.63) is 0 Å². The Bertz CT molecular complexity index is 136. The lowest BCUT2D eigenvalue weighted by Crippen LogP contribution is -2.40. The Hall–Kier alpha value is -0.0400. The van der Waals surface area contributed by atoms with Crippen molar-refractivity contribution in [2.75, 3.05) is 13.1 Å². The second-order valence-corrected chi connectivity index (χ2v) is 5.44. The van der Waals surface area contributed by atoms with E-state index < -0.39 is 0 Å². The molecule has 0 spiro atoms. The number of hydrogen-bond acceptors (Lipinski definition) is 1. The largest absolute Gasteiger partial charge is 0.316 e. The van der Waals surface area contributed by atoms with Gasteiger partial charge in [0.15, 0.2) is 0 Å². The minimum absolute atomic E-state index is 0.435. The van der Waals surface area contributed by atoms with Gasteiger partial charge in [0.25, 0.3) is 0 Å². The molecule has 1 saturated heterocycles. The normalized spacial score (nSPS) is 33.0. The van der Waals surface area contributed by atoms with Gasteiger partial charge in [-0.05, 0) is 30.2 Å². The zero-order valence-corrected chi connectivity index (χ0v) is 9.04. The molecule has 0 saturated carbocycles. The Morgan fingerprint density at radius 3 is 2.42 bits per heavy atom. The van der Waals surface area contributed by atoms with Crippen LogP contribution in [0.5, 0.6) is 0 Å². The van der Waals surface area contributed by atoms with Gasteiger partial charge >= 0.3 is 0 Å². The van der Waals surface area contributed by atoms with Crippen LogP contribution in [0, 0.1) is 10.8 Å². The maximum atomic E-state index is 3.54. The molecule has 1 heterocycles. The highest BCUT2D eigenvalue weighted by Crippen LogP contribution is 2.42. The topological polar surface area (TPSA) is 12.0 Å². The summed E-state index contributed by atoms with van der Waals surface area (Å²) in [5.74, 6) is 0. The van der Waals surface area contributed by atoms with Gasteiger partial charge in [0.05, 0.1) is 0 Å². The van der Waals surface area contributed by atoms with Gasteiger partial charge in [-0.2, -0.15) is 0 Å². The van der Waals surface area contributed by atoms with Crippen molar-refractivity contribution in [3.8, 4) is 0 Å². The molecule has 0 aromatic rings. The molecular weight excluding hydrogens is 146 g/mol. The molecule has 1 nitrogen and oxygen atoms in total. The SMILES string of the molecule is CC(C)(C)C1(C)CCCCNC1. The molecule has 0 aromatic heterocycles. The molecule has 0 aromatic carbocycles. The van der Waals surface area contributed by atoms with Crippen LogP contribution in [0.2, 0.25) is 0 Å². The van der Waals surface area contributed by atoms with Crippen LogP contribution >= 0.6 is 0 Å². The van der Waals surface area contributed by atoms with Gasteiger partial charge in [-0.25, -0.2) is 0 Å². The molecule has 1 aliphatic heterocycles. The lowest BCUT2D eigenvalue weighted by atomic mass is 9.65. The highest BCUT2D eigenvalue weighted by molar-refractivity contribution is 4.89. The molecule has 1 aliphatic rings. The van der Waals surface area contributed by atoms with Crippen LogP contribution < -0.4 is 5.32 Å². The van der Waals surface area contributed by atoms with E-state index in [4.69, 9.17) is 0 Å². The highest BCUT2D eigenvalue weighted by atomic mass is 14.9. The first kappa shape index (κ1) is 10.0. The second kappa shape index (κ2) is 3.37. The molecule has 1 unspecified atom stereocenters. The Labute approximate surface area is 76.9 Å². The first-order valence-corrected chi connectivity index (χ1v) is 5.16. The molecule has 0 amide bonds. The van der Waals surface area contributed by atoms with E-state index in [0.717, 1.165) is 0 Å². The van der Waals surface area contributed by atoms with Gasteiger partial charge in [-0.1, -0.05) is 34.1 Å². The predicted molar refractivity (Wildman–Crippen MR) is 54.3 cm³/mol. The maximum Gasteiger partial charge on any atom is 0.00102 e. The fraction of sp³-hybridized carbons (Fsp3) is 1.00. The van der Waals surface area contributed by atoms with Crippen molar-refractivity contribution in [3.63, 3.8) is 0 Å². The molecule has 1 rings (SSSR count). The summed E-state index contributed by atoms with van der Waals surface area (Å²) in [7, 11) is 0. The maximum absolute atomic E-state index is 3.54. The van der Waals surface area contributed by atoms with Crippen LogP contribution in [0.3, 0.4) is 0 Å². The minimum atomic E-state index is 0.435. The lowest BCUT2D eigenvalue weighted by molar-refractivity contribution is 0.101. The fourth-order valence-electron chi connectivity index (χ4n) is 1.86. The first-order chi connectivity index (χ1) is 5.46. The predicted octanol–water partition coefficient (Wildman–Crippen LogP) is 2.81. The number of rotatable bonds is 0. The number of hydrogen-bond donors (Lipinski definition) is 1. The molecule has 1 N–H and O–H groups in total. The van der Waals surface area contributed by atoms with Crippen LogP contribution in [-0.4, -0.2) is 13.1 Å². The van der Waals surface area contributed by atoms with Crippen LogP contribution in [0.4, 0.5) is 0 Å². The Balaban J connectivity index is 2.67. The van der Waals surface area contributed by atoms with Gasteiger partial charge in [-0.3, -0.25) is 0 Å². The summed E-state index contributed by atoms with van der Waals surface area (Å²) in [5.41, 5.74) is 0.924. The molecule has 1 heteroatoms. The van der Waals surface area contributed by atoms with E-state index in [1.807, 2.05) is 0 Å². The summed E-state index contributed by atoms with van der Waals surface area (Å²) in [5, 5.41) is 3.54. The summed E-state index contributed by atoms with van der Waals surface area (Å²) in [6.07, 6.45) is 4.12. The third-order valence-corrected chi connectivity index (χ3v) is 3.66. The van der Waals surface area contributed by atoms with Gasteiger partial charge in [0.2, 0.25) is 0 Å². The van der Waals surface area contributed by atoms with Crippen molar-refractivity contribution in [2.45, 2.75) is 47.0 Å². The van der Waals surface area contributed by atoms with E-state index >= 15 is 0 Å². The summed E-state index contributed by atoms with van der Waals surface area (Å²) >= 11 is 0. The monoisotopic (exact) mass is 169 g/mol. The standard InChI is InChI=1S/C11H23N/c1-10(2,3)11(4)7-5-6-8-12-9-11/h12H,5-9H2,1-4H3. The summed E-state index contributed by atoms with van der Waals surface area (Å²) in [6, 6.07) is 0. The third kappa shape index (κ3) is 2.01. The van der Waals surface area contributed by atoms with E-state index in [2.05, 4.69) is 33.0 Å². The Morgan fingerprint density at radius 2 is 1.83 bits per heavy atom. The van der Waals surface area contributed by atoms with Crippen LogP contribution in [0.1, 0.15) is 47.0 Å². The Morgan fingerprint density at radius 1 is 1.17 bits per heavy atom. The van der Waals surface area contributed by atoms with Crippen molar-refractivity contribution in [2.24, 2.45) is 10.8 Å². The Kier molecular flexibility index (Phi) is 2.82. The molecule has 1 atom stereocenters. The highest BCUT2D eigenvalue weighted by Gasteiger charge is 2.37. The minimum Gasteiger partial charge on any atom is -0.316 e. The zero-order valence-electron chi connectivity index (χ0n) is 9.04. The average Bonchev–Trinajstić information content (AvgIpc) is 2.12. The van der Waals surface area contributed by atoms with Crippen LogP contribution in [0.15, 0.2) is 0 Å². The third-order valence-electron chi connectivity index (χ3n) is 3.66. The molecular formula is C11H23N. The van der Waals surface area contributed by atoms with Gasteiger partial charge in [0, 0.05) is 6.54 Å². The van der Waals surface area contributed by atoms with E-state index in [9.17, 15) is 0 Å². The van der Waals surface area contributed by atoms with Crippen molar-refractivity contribution >= 4 is 0 Å². The van der Waals surface area contributed by atoms with Crippen molar-refractivity contribution in [1.29, 1.82) is 0 Å². The van der Waals surface area contributed by atoms with Crippen LogP contribution in [0.25, 0.3) is 0 Å². The van der Waals surface area contributed by atoms with E-state index in [0.29, 0.717) is 10.8 Å². The quantitative estimate of drug-likeness (QED) is 0.588. The molecule has 0 radical (unpaired) electrons. The molecule has 0 bridgehead atoms. The fourth-order valence-corrected chi connectivity index (χ4v) is 1.86. The summed E-state index contributed by atoms with van der Waals surface area (Å²) < 4.78 is 0. The van der Waals surface area contributed by atoms with E-state index in [-0.39, 0.29) is 0 Å². The molecule has 0 aliphatic carbocycles. The van der Waals surface area contributed by atoms with Crippen molar-refractivity contribution in [1.82, 2.24) is 5.32 Å². The van der Waals surface area contributed by atoms with Crippen LogP contribution in [-0.2, 0) is 0 Å². The molecule has 1 fully saturated rings. The molecule has 12 heavy (non-hydrogen) atoms. The second-order valence-electron chi connectivity index (χ2n) is 5.44. The number of nitrogens with one attached hydrogen (secondary N) is 1. The average molecular weight is 169 g/mol.